The molecule has 2 heteroatoms. The fourth-order valence-electron chi connectivity index (χ4n) is 5.60. The number of fused-ring (bicyclic) bond motifs is 10. The predicted octanol–water partition coefficient (Wildman–Crippen LogP) is 6.10. The average Bonchev–Trinajstić information content (AvgIpc) is 3.07. The molecule has 0 bridgehead atoms. The Morgan fingerprint density at radius 2 is 1.10 bits per heavy atom. The highest BCUT2D eigenvalue weighted by Gasteiger charge is 2.51. The molecule has 0 amide bonds. The van der Waals surface area contributed by atoms with Gasteiger partial charge in [0.1, 0.15) is 19.3 Å². The van der Waals surface area contributed by atoms with Gasteiger partial charge in [0.05, 0.1) is 5.41 Å². The first-order valence-corrected chi connectivity index (χ1v) is 10.6. The quantitative estimate of drug-likeness (QED) is 0.283. The molecular weight excluding hydrogens is 375 g/mol. The number of benzene rings is 5. The summed E-state index contributed by atoms with van der Waals surface area (Å²) in [6.07, 6.45) is 0. The van der Waals surface area contributed by atoms with Gasteiger partial charge in [0, 0.05) is 11.1 Å². The second-order valence-electron chi connectivity index (χ2n) is 8.39. The topological polar surface area (TPSA) is 9.23 Å². The highest BCUT2D eigenvalue weighted by atomic mass is 16.5. The largest absolute Gasteiger partial charge is 0.457 e. The summed E-state index contributed by atoms with van der Waals surface area (Å²) in [5, 5.41) is 2.48. The highest BCUT2D eigenvalue weighted by Crippen LogP contribution is 2.62. The molecule has 31 heavy (non-hydrogen) atoms. The van der Waals surface area contributed by atoms with Crippen LogP contribution in [-0.4, -0.2) is 7.85 Å². The van der Waals surface area contributed by atoms with E-state index in [1.807, 2.05) is 18.2 Å². The summed E-state index contributed by atoms with van der Waals surface area (Å²) in [6.45, 7) is 0. The van der Waals surface area contributed by atoms with Gasteiger partial charge in [0.25, 0.3) is 0 Å². The Balaban J connectivity index is 1.73. The van der Waals surface area contributed by atoms with Crippen molar-refractivity contribution in [3.63, 3.8) is 0 Å². The zero-order valence-corrected chi connectivity index (χ0v) is 16.8. The van der Waals surface area contributed by atoms with Crippen LogP contribution in [0.15, 0.2) is 103 Å². The van der Waals surface area contributed by atoms with Crippen LogP contribution in [0.4, 0.5) is 0 Å². The van der Waals surface area contributed by atoms with Crippen LogP contribution in [0.1, 0.15) is 22.3 Å². The maximum Gasteiger partial charge on any atom is 0.132 e. The van der Waals surface area contributed by atoms with Crippen LogP contribution >= 0.6 is 0 Å². The monoisotopic (exact) mass is 392 g/mol. The van der Waals surface area contributed by atoms with Gasteiger partial charge in [-0.3, -0.25) is 0 Å². The third-order valence-corrected chi connectivity index (χ3v) is 6.83. The van der Waals surface area contributed by atoms with E-state index in [1.54, 1.807) is 0 Å². The third-order valence-electron chi connectivity index (χ3n) is 6.83. The van der Waals surface area contributed by atoms with Crippen LogP contribution in [0.25, 0.3) is 21.9 Å². The lowest BCUT2D eigenvalue weighted by molar-refractivity contribution is 0.436. The minimum absolute atomic E-state index is 0.463. The van der Waals surface area contributed by atoms with Gasteiger partial charge in [-0.15, -0.1) is 0 Å². The third kappa shape index (κ3) is 2.07. The molecule has 1 spiro atoms. The van der Waals surface area contributed by atoms with Gasteiger partial charge in [-0.1, -0.05) is 84.3 Å². The second kappa shape index (κ2) is 5.89. The molecular formula is C29H17BO. The first-order valence-electron chi connectivity index (χ1n) is 10.6. The minimum Gasteiger partial charge on any atom is -0.457 e. The molecule has 1 aliphatic heterocycles. The molecule has 0 unspecified atom stereocenters. The summed E-state index contributed by atoms with van der Waals surface area (Å²) in [6, 6.07) is 36.4. The Bertz CT molecular complexity index is 1490. The van der Waals surface area contributed by atoms with E-state index in [0.717, 1.165) is 28.1 Å². The molecule has 0 fully saturated rings. The SMILES string of the molecule is [B]c1ccc2c(c1)C1(c3ccccc3Oc3ccccc31)c1cc3ccccc3cc1-2. The first-order chi connectivity index (χ1) is 15.3. The fraction of sp³-hybridized carbons (Fsp3) is 0.0345. The van der Waals surface area contributed by atoms with E-state index in [2.05, 4.69) is 84.9 Å². The molecule has 7 rings (SSSR count). The van der Waals surface area contributed by atoms with Gasteiger partial charge in [-0.25, -0.2) is 0 Å². The molecule has 0 N–H and O–H groups in total. The van der Waals surface area contributed by atoms with Crippen LogP contribution in [0.2, 0.25) is 0 Å². The van der Waals surface area contributed by atoms with Crippen molar-refractivity contribution in [3.8, 4) is 22.6 Å². The van der Waals surface area contributed by atoms with Gasteiger partial charge < -0.3 is 4.74 Å². The molecule has 5 aromatic carbocycles. The summed E-state index contributed by atoms with van der Waals surface area (Å²) >= 11 is 0. The summed E-state index contributed by atoms with van der Waals surface area (Å²) < 4.78 is 6.38. The number of para-hydroxylation sites is 2. The Morgan fingerprint density at radius 1 is 0.516 bits per heavy atom. The predicted molar refractivity (Wildman–Crippen MR) is 127 cm³/mol. The van der Waals surface area contributed by atoms with Gasteiger partial charge in [-0.05, 0) is 57.3 Å². The Morgan fingerprint density at radius 3 is 1.81 bits per heavy atom. The summed E-state index contributed by atoms with van der Waals surface area (Å²) in [4.78, 5) is 0. The molecule has 0 saturated heterocycles. The number of hydrogen-bond donors (Lipinski definition) is 0. The van der Waals surface area contributed by atoms with Crippen molar-refractivity contribution in [2.24, 2.45) is 0 Å². The molecule has 1 nitrogen and oxygen atoms in total. The summed E-state index contributed by atoms with van der Waals surface area (Å²) in [7, 11) is 6.36. The van der Waals surface area contributed by atoms with Crippen LogP contribution in [0, 0.1) is 0 Å². The van der Waals surface area contributed by atoms with Gasteiger partial charge in [0.15, 0.2) is 0 Å². The zero-order chi connectivity index (χ0) is 20.6. The lowest BCUT2D eigenvalue weighted by Gasteiger charge is -2.39. The molecule has 142 valence electrons. The van der Waals surface area contributed by atoms with E-state index < -0.39 is 5.41 Å². The van der Waals surface area contributed by atoms with E-state index in [4.69, 9.17) is 12.6 Å². The standard InChI is InChI=1S/C29H17BO/c30-20-13-14-21-22-15-18-7-1-2-8-19(18)16-25(22)29(26(21)17-20)23-9-3-5-11-27(23)31-28-12-6-4-10-24(28)29/h1-17H. The minimum atomic E-state index is -0.463. The van der Waals surface area contributed by atoms with Crippen molar-refractivity contribution in [2.75, 3.05) is 0 Å². The maximum atomic E-state index is 6.38. The summed E-state index contributed by atoms with van der Waals surface area (Å²) in [5.41, 5.74) is 7.65. The molecule has 0 atom stereocenters. The molecule has 5 aromatic rings. The first kappa shape index (κ1) is 17.0. The molecule has 1 heterocycles. The molecule has 0 aromatic heterocycles. The van der Waals surface area contributed by atoms with E-state index in [9.17, 15) is 0 Å². The van der Waals surface area contributed by atoms with Crippen LogP contribution in [0.5, 0.6) is 11.5 Å². The van der Waals surface area contributed by atoms with Crippen molar-refractivity contribution in [1.82, 2.24) is 0 Å². The molecule has 2 radical (unpaired) electrons. The fourth-order valence-corrected chi connectivity index (χ4v) is 5.60. The summed E-state index contributed by atoms with van der Waals surface area (Å²) in [5.74, 6) is 1.80. The van der Waals surface area contributed by atoms with Gasteiger partial charge >= 0.3 is 0 Å². The number of hydrogen-bond acceptors (Lipinski definition) is 1. The van der Waals surface area contributed by atoms with Crippen LogP contribution in [-0.2, 0) is 5.41 Å². The molecule has 2 aliphatic rings. The van der Waals surface area contributed by atoms with Crippen molar-refractivity contribution < 1.29 is 4.74 Å². The van der Waals surface area contributed by atoms with Crippen molar-refractivity contribution >= 4 is 24.1 Å². The second-order valence-corrected chi connectivity index (χ2v) is 8.39. The van der Waals surface area contributed by atoms with Gasteiger partial charge in [-0.2, -0.15) is 0 Å². The number of ether oxygens (including phenoxy) is 1. The van der Waals surface area contributed by atoms with Crippen LogP contribution < -0.4 is 10.2 Å². The highest BCUT2D eigenvalue weighted by molar-refractivity contribution is 6.32. The molecule has 0 saturated carbocycles. The smallest absolute Gasteiger partial charge is 0.132 e. The zero-order valence-electron chi connectivity index (χ0n) is 16.8. The van der Waals surface area contributed by atoms with E-state index >= 15 is 0 Å². The maximum absolute atomic E-state index is 6.38. The van der Waals surface area contributed by atoms with Crippen molar-refractivity contribution in [1.29, 1.82) is 0 Å². The van der Waals surface area contributed by atoms with Crippen LogP contribution in [0.3, 0.4) is 0 Å². The Kier molecular flexibility index (Phi) is 3.22. The normalized spacial score (nSPS) is 14.5. The molecule has 1 aliphatic carbocycles. The van der Waals surface area contributed by atoms with Gasteiger partial charge in [0.2, 0.25) is 0 Å². The Labute approximate surface area is 182 Å². The van der Waals surface area contributed by atoms with E-state index in [-0.39, 0.29) is 0 Å². The average molecular weight is 392 g/mol. The van der Waals surface area contributed by atoms with E-state index in [0.29, 0.717) is 0 Å². The lowest BCUT2D eigenvalue weighted by Crippen LogP contribution is -2.32. The van der Waals surface area contributed by atoms with Crippen molar-refractivity contribution in [3.05, 3.63) is 125 Å². The van der Waals surface area contributed by atoms with Crippen molar-refractivity contribution in [2.45, 2.75) is 5.41 Å². The van der Waals surface area contributed by atoms with E-state index in [1.165, 1.54) is 33.0 Å². The Hall–Kier alpha value is -3.78. The lowest BCUT2D eigenvalue weighted by atomic mass is 9.65. The number of rotatable bonds is 0.